The van der Waals surface area contributed by atoms with Gasteiger partial charge in [0.25, 0.3) is 10.0 Å². The normalized spacial score (nSPS) is 12.6. The molecule has 0 unspecified atom stereocenters. The summed E-state index contributed by atoms with van der Waals surface area (Å²) in [5.41, 5.74) is 1.53. The molecule has 4 rings (SSSR count). The lowest BCUT2D eigenvalue weighted by atomic mass is 10.2. The molecule has 3 aromatic rings. The van der Waals surface area contributed by atoms with Gasteiger partial charge in [-0.15, -0.1) is 0 Å². The predicted octanol–water partition coefficient (Wildman–Crippen LogP) is 3.35. The van der Waals surface area contributed by atoms with E-state index in [0.717, 1.165) is 5.69 Å². The zero-order valence-corrected chi connectivity index (χ0v) is 14.4. The van der Waals surface area contributed by atoms with E-state index in [1.807, 2.05) is 18.2 Å². The first-order valence-electron chi connectivity index (χ1n) is 7.81. The summed E-state index contributed by atoms with van der Waals surface area (Å²) >= 11 is 0. The van der Waals surface area contributed by atoms with Gasteiger partial charge in [0.1, 0.15) is 5.82 Å². The van der Waals surface area contributed by atoms with Gasteiger partial charge in [0.15, 0.2) is 11.5 Å². The van der Waals surface area contributed by atoms with Crippen molar-refractivity contribution in [1.82, 2.24) is 4.98 Å². The Morgan fingerprint density at radius 2 is 1.65 bits per heavy atom. The molecule has 8 heteroatoms. The number of fused-ring (bicyclic) bond motifs is 1. The van der Waals surface area contributed by atoms with Crippen LogP contribution in [0.25, 0.3) is 0 Å². The molecule has 0 bridgehead atoms. The topological polar surface area (TPSA) is 89.6 Å². The van der Waals surface area contributed by atoms with Gasteiger partial charge in [-0.3, -0.25) is 4.72 Å². The van der Waals surface area contributed by atoms with Crippen LogP contribution in [0.3, 0.4) is 0 Å². The lowest BCUT2D eigenvalue weighted by Gasteiger charge is -2.09. The van der Waals surface area contributed by atoms with E-state index in [1.165, 1.54) is 12.1 Å². The van der Waals surface area contributed by atoms with Crippen molar-refractivity contribution < 1.29 is 17.9 Å². The van der Waals surface area contributed by atoms with E-state index in [0.29, 0.717) is 17.2 Å². The van der Waals surface area contributed by atoms with Crippen molar-refractivity contribution in [2.24, 2.45) is 0 Å². The first kappa shape index (κ1) is 16.2. The minimum absolute atomic E-state index is 0.185. The van der Waals surface area contributed by atoms with Crippen LogP contribution in [-0.4, -0.2) is 20.2 Å². The lowest BCUT2D eigenvalue weighted by molar-refractivity contribution is 0.174. The maximum atomic E-state index is 12.3. The van der Waals surface area contributed by atoms with Crippen LogP contribution >= 0.6 is 0 Å². The van der Waals surface area contributed by atoms with Crippen molar-refractivity contribution in [2.75, 3.05) is 16.8 Å². The molecule has 1 aliphatic heterocycles. The Kier molecular flexibility index (Phi) is 4.10. The fourth-order valence-corrected chi connectivity index (χ4v) is 3.49. The van der Waals surface area contributed by atoms with Crippen LogP contribution in [0, 0.1) is 0 Å². The number of aromatic nitrogens is 1. The van der Waals surface area contributed by atoms with Gasteiger partial charge in [-0.05, 0) is 36.4 Å². The van der Waals surface area contributed by atoms with Gasteiger partial charge in [-0.25, -0.2) is 13.4 Å². The van der Waals surface area contributed by atoms with Crippen molar-refractivity contribution in [3.05, 3.63) is 66.9 Å². The molecule has 0 saturated heterocycles. The zero-order valence-electron chi connectivity index (χ0n) is 13.5. The highest BCUT2D eigenvalue weighted by Gasteiger charge is 2.15. The van der Waals surface area contributed by atoms with E-state index in [4.69, 9.17) is 9.47 Å². The third kappa shape index (κ3) is 3.40. The number of rotatable bonds is 5. The molecular weight excluding hydrogens is 354 g/mol. The standard InChI is InChI=1S/C18H15N3O4S/c22-26(23,15-4-2-1-3-5-15)21-18-9-7-14(11-19-18)20-13-6-8-16-17(10-13)25-12-24-16/h1-11,20H,12H2,(H,19,21). The molecule has 0 amide bonds. The number of hydrogen-bond acceptors (Lipinski definition) is 6. The SMILES string of the molecule is O=S(=O)(Nc1ccc(Nc2ccc3c(c2)OCO3)cn1)c1ccccc1. The van der Waals surface area contributed by atoms with Crippen molar-refractivity contribution in [1.29, 1.82) is 0 Å². The molecule has 2 heterocycles. The number of anilines is 3. The second kappa shape index (κ2) is 6.57. The van der Waals surface area contributed by atoms with Crippen LogP contribution in [0.4, 0.5) is 17.2 Å². The van der Waals surface area contributed by atoms with Gasteiger partial charge in [-0.2, -0.15) is 0 Å². The number of benzene rings is 2. The molecule has 0 saturated carbocycles. The highest BCUT2D eigenvalue weighted by Crippen LogP contribution is 2.35. The van der Waals surface area contributed by atoms with Crippen LogP contribution in [0.2, 0.25) is 0 Å². The smallest absolute Gasteiger partial charge is 0.263 e. The fourth-order valence-electron chi connectivity index (χ4n) is 2.47. The molecule has 26 heavy (non-hydrogen) atoms. The Hall–Kier alpha value is -3.26. The Morgan fingerprint density at radius 3 is 2.42 bits per heavy atom. The number of nitrogens with zero attached hydrogens (tertiary/aromatic N) is 1. The highest BCUT2D eigenvalue weighted by atomic mass is 32.2. The molecule has 1 aliphatic rings. The van der Waals surface area contributed by atoms with E-state index in [9.17, 15) is 8.42 Å². The average Bonchev–Trinajstić information content (AvgIpc) is 3.12. The maximum absolute atomic E-state index is 12.3. The summed E-state index contributed by atoms with van der Waals surface area (Å²) < 4.78 is 37.7. The van der Waals surface area contributed by atoms with Gasteiger partial charge in [0, 0.05) is 11.8 Å². The summed E-state index contributed by atoms with van der Waals surface area (Å²) in [5.74, 6) is 1.62. The van der Waals surface area contributed by atoms with Crippen LogP contribution in [0.15, 0.2) is 71.8 Å². The largest absolute Gasteiger partial charge is 0.454 e. The molecule has 7 nitrogen and oxygen atoms in total. The van der Waals surface area contributed by atoms with E-state index in [2.05, 4.69) is 15.0 Å². The Labute approximate surface area is 150 Å². The summed E-state index contributed by atoms with van der Waals surface area (Å²) in [6.45, 7) is 0.219. The van der Waals surface area contributed by atoms with Crippen molar-refractivity contribution in [2.45, 2.75) is 4.90 Å². The van der Waals surface area contributed by atoms with Gasteiger partial charge >= 0.3 is 0 Å². The van der Waals surface area contributed by atoms with Crippen LogP contribution in [-0.2, 0) is 10.0 Å². The lowest BCUT2D eigenvalue weighted by Crippen LogP contribution is -2.13. The number of pyridine rings is 1. The van der Waals surface area contributed by atoms with Crippen molar-refractivity contribution in [3.8, 4) is 11.5 Å². The van der Waals surface area contributed by atoms with E-state index in [-0.39, 0.29) is 17.5 Å². The summed E-state index contributed by atoms with van der Waals surface area (Å²) in [6.07, 6.45) is 1.55. The number of nitrogens with one attached hydrogen (secondary N) is 2. The molecular formula is C18H15N3O4S. The molecule has 0 atom stereocenters. The summed E-state index contributed by atoms with van der Waals surface area (Å²) in [6, 6.07) is 17.0. The molecule has 2 N–H and O–H groups in total. The number of sulfonamides is 1. The van der Waals surface area contributed by atoms with Gasteiger partial charge < -0.3 is 14.8 Å². The molecule has 0 fully saturated rings. The second-order valence-corrected chi connectivity index (χ2v) is 7.23. The summed E-state index contributed by atoms with van der Waals surface area (Å²) in [7, 11) is -3.66. The summed E-state index contributed by atoms with van der Waals surface area (Å²) in [4.78, 5) is 4.33. The minimum Gasteiger partial charge on any atom is -0.454 e. The first-order valence-corrected chi connectivity index (χ1v) is 9.29. The Balaban J connectivity index is 1.47. The Morgan fingerprint density at radius 1 is 0.885 bits per heavy atom. The zero-order chi connectivity index (χ0) is 18.0. The quantitative estimate of drug-likeness (QED) is 0.717. The number of ether oxygens (including phenoxy) is 2. The first-order chi connectivity index (χ1) is 12.6. The number of hydrogen-bond donors (Lipinski definition) is 2. The summed E-state index contributed by atoms with van der Waals surface area (Å²) in [5, 5.41) is 3.18. The van der Waals surface area contributed by atoms with Gasteiger partial charge in [0.05, 0.1) is 16.8 Å². The van der Waals surface area contributed by atoms with E-state index in [1.54, 1.807) is 36.5 Å². The molecule has 0 spiro atoms. The van der Waals surface area contributed by atoms with Crippen LogP contribution in [0.5, 0.6) is 11.5 Å². The molecule has 0 radical (unpaired) electrons. The third-order valence-electron chi connectivity index (χ3n) is 3.72. The average molecular weight is 369 g/mol. The van der Waals surface area contributed by atoms with Crippen LogP contribution < -0.4 is 19.5 Å². The fraction of sp³-hybridized carbons (Fsp3) is 0.0556. The molecule has 2 aromatic carbocycles. The Bertz CT molecular complexity index is 1020. The molecule has 1 aromatic heterocycles. The van der Waals surface area contributed by atoms with Gasteiger partial charge in [0.2, 0.25) is 6.79 Å². The monoisotopic (exact) mass is 369 g/mol. The van der Waals surface area contributed by atoms with Crippen molar-refractivity contribution >= 4 is 27.2 Å². The minimum atomic E-state index is -3.66. The maximum Gasteiger partial charge on any atom is 0.263 e. The van der Waals surface area contributed by atoms with Crippen LogP contribution in [0.1, 0.15) is 0 Å². The van der Waals surface area contributed by atoms with Gasteiger partial charge in [-0.1, -0.05) is 18.2 Å². The van der Waals surface area contributed by atoms with E-state index < -0.39 is 10.0 Å². The predicted molar refractivity (Wildman–Crippen MR) is 97.3 cm³/mol. The highest BCUT2D eigenvalue weighted by molar-refractivity contribution is 7.92. The molecule has 0 aliphatic carbocycles. The second-order valence-electron chi connectivity index (χ2n) is 5.54. The van der Waals surface area contributed by atoms with Crippen molar-refractivity contribution in [3.63, 3.8) is 0 Å². The van der Waals surface area contributed by atoms with E-state index >= 15 is 0 Å². The third-order valence-corrected chi connectivity index (χ3v) is 5.09. The molecule has 132 valence electrons.